The van der Waals surface area contributed by atoms with Crippen LogP contribution in [0, 0.1) is 11.8 Å². The normalized spacial score (nSPS) is 29.8. The summed E-state index contributed by atoms with van der Waals surface area (Å²) in [7, 11) is 0. The number of carbonyl (C=O) groups is 3. The summed E-state index contributed by atoms with van der Waals surface area (Å²) in [5, 5.41) is 8.87. The average Bonchev–Trinajstić information content (AvgIpc) is 2.61. The highest BCUT2D eigenvalue weighted by Crippen LogP contribution is 2.30. The van der Waals surface area contributed by atoms with Gasteiger partial charge in [0, 0.05) is 19.4 Å². The molecule has 1 aliphatic carbocycles. The number of amides is 2. The van der Waals surface area contributed by atoms with Crippen LogP contribution in [-0.4, -0.2) is 34.3 Å². The van der Waals surface area contributed by atoms with E-state index in [0.717, 1.165) is 12.8 Å². The highest BCUT2D eigenvalue weighted by Gasteiger charge is 2.33. The number of likely N-dealkylation sites (tertiary alicyclic amines) is 1. The van der Waals surface area contributed by atoms with Crippen LogP contribution in [0.3, 0.4) is 0 Å². The van der Waals surface area contributed by atoms with Crippen molar-refractivity contribution in [3.63, 3.8) is 0 Å². The number of hydrogen-bond acceptors (Lipinski definition) is 3. The Morgan fingerprint density at radius 1 is 1.12 bits per heavy atom. The number of rotatable bonds is 3. The van der Waals surface area contributed by atoms with Crippen molar-refractivity contribution in [2.75, 3.05) is 6.54 Å². The fourth-order valence-electron chi connectivity index (χ4n) is 2.68. The summed E-state index contributed by atoms with van der Waals surface area (Å²) in [6.07, 6.45) is 3.60. The predicted octanol–water partition coefficient (Wildman–Crippen LogP) is 1.03. The molecule has 0 aromatic rings. The van der Waals surface area contributed by atoms with Gasteiger partial charge < -0.3 is 5.11 Å². The Morgan fingerprint density at radius 2 is 1.65 bits per heavy atom. The molecule has 0 aromatic carbocycles. The number of carboxylic acid groups (broad SMARTS) is 1. The Bertz CT molecular complexity index is 328. The Hall–Kier alpha value is -1.39. The van der Waals surface area contributed by atoms with E-state index in [1.165, 1.54) is 4.90 Å². The first-order valence-corrected chi connectivity index (χ1v) is 6.14. The third-order valence-electron chi connectivity index (χ3n) is 3.79. The molecule has 0 atom stereocenters. The molecule has 1 saturated heterocycles. The highest BCUT2D eigenvalue weighted by molar-refractivity contribution is 6.01. The summed E-state index contributed by atoms with van der Waals surface area (Å²) in [6, 6.07) is 0. The molecule has 1 saturated carbocycles. The van der Waals surface area contributed by atoms with E-state index in [2.05, 4.69) is 0 Å². The zero-order valence-corrected chi connectivity index (χ0v) is 9.72. The number of hydrogen-bond donors (Lipinski definition) is 1. The maximum atomic E-state index is 11.4. The van der Waals surface area contributed by atoms with Crippen molar-refractivity contribution in [3.05, 3.63) is 0 Å². The SMILES string of the molecule is O=C(O)C1CCC(CN2C(=O)CCC2=O)CC1. The highest BCUT2D eigenvalue weighted by atomic mass is 16.4. The second-order valence-electron chi connectivity index (χ2n) is 4.95. The molecular formula is C12H17NO4. The Labute approximate surface area is 99.8 Å². The Morgan fingerprint density at radius 3 is 2.12 bits per heavy atom. The van der Waals surface area contributed by atoms with Gasteiger partial charge in [-0.3, -0.25) is 19.3 Å². The molecule has 5 nitrogen and oxygen atoms in total. The molecule has 2 amide bonds. The van der Waals surface area contributed by atoms with E-state index < -0.39 is 5.97 Å². The van der Waals surface area contributed by atoms with Crippen LogP contribution >= 0.6 is 0 Å². The van der Waals surface area contributed by atoms with Gasteiger partial charge in [-0.1, -0.05) is 0 Å². The molecule has 5 heteroatoms. The lowest BCUT2D eigenvalue weighted by Crippen LogP contribution is -2.36. The minimum Gasteiger partial charge on any atom is -0.481 e. The van der Waals surface area contributed by atoms with Gasteiger partial charge >= 0.3 is 5.97 Å². The molecule has 0 bridgehead atoms. The van der Waals surface area contributed by atoms with E-state index in [1.807, 2.05) is 0 Å². The molecular weight excluding hydrogens is 222 g/mol. The standard InChI is InChI=1S/C12H17NO4/c14-10-5-6-11(15)13(10)7-8-1-3-9(4-2-8)12(16)17/h8-9H,1-7H2,(H,16,17). The van der Waals surface area contributed by atoms with Crippen LogP contribution in [0.2, 0.25) is 0 Å². The van der Waals surface area contributed by atoms with Crippen molar-refractivity contribution in [1.29, 1.82) is 0 Å². The van der Waals surface area contributed by atoms with Gasteiger partial charge in [0.05, 0.1) is 5.92 Å². The van der Waals surface area contributed by atoms with E-state index in [4.69, 9.17) is 5.11 Å². The van der Waals surface area contributed by atoms with Gasteiger partial charge in [-0.05, 0) is 31.6 Å². The molecule has 0 aromatic heterocycles. The molecule has 1 heterocycles. The van der Waals surface area contributed by atoms with Gasteiger partial charge in [0.2, 0.25) is 11.8 Å². The molecule has 94 valence electrons. The largest absolute Gasteiger partial charge is 0.481 e. The molecule has 17 heavy (non-hydrogen) atoms. The molecule has 2 fully saturated rings. The topological polar surface area (TPSA) is 74.7 Å². The Balaban J connectivity index is 1.84. The van der Waals surface area contributed by atoms with E-state index in [-0.39, 0.29) is 23.7 Å². The van der Waals surface area contributed by atoms with Gasteiger partial charge in [0.1, 0.15) is 0 Å². The second kappa shape index (κ2) is 4.85. The smallest absolute Gasteiger partial charge is 0.306 e. The number of aliphatic carboxylic acids is 1. The first-order valence-electron chi connectivity index (χ1n) is 6.14. The number of imide groups is 1. The van der Waals surface area contributed by atoms with Gasteiger partial charge in [-0.15, -0.1) is 0 Å². The second-order valence-corrected chi connectivity index (χ2v) is 4.95. The van der Waals surface area contributed by atoms with Crippen molar-refractivity contribution in [1.82, 2.24) is 4.90 Å². The third kappa shape index (κ3) is 2.65. The van der Waals surface area contributed by atoms with Crippen LogP contribution in [0.1, 0.15) is 38.5 Å². The fraction of sp³-hybridized carbons (Fsp3) is 0.750. The summed E-state index contributed by atoms with van der Waals surface area (Å²) >= 11 is 0. The lowest BCUT2D eigenvalue weighted by molar-refractivity contribution is -0.144. The van der Waals surface area contributed by atoms with Crippen molar-refractivity contribution in [3.8, 4) is 0 Å². The van der Waals surface area contributed by atoms with Crippen LogP contribution in [0.15, 0.2) is 0 Å². The summed E-state index contributed by atoms with van der Waals surface area (Å²) in [5.41, 5.74) is 0. The summed E-state index contributed by atoms with van der Waals surface area (Å²) < 4.78 is 0. The maximum Gasteiger partial charge on any atom is 0.306 e. The third-order valence-corrected chi connectivity index (χ3v) is 3.79. The van der Waals surface area contributed by atoms with Gasteiger partial charge in [-0.25, -0.2) is 0 Å². The molecule has 1 aliphatic heterocycles. The van der Waals surface area contributed by atoms with Crippen molar-refractivity contribution in [2.45, 2.75) is 38.5 Å². The van der Waals surface area contributed by atoms with Gasteiger partial charge in [0.15, 0.2) is 0 Å². The molecule has 0 spiro atoms. The first kappa shape index (κ1) is 12.1. The van der Waals surface area contributed by atoms with E-state index in [1.54, 1.807) is 0 Å². The molecule has 2 aliphatic rings. The quantitative estimate of drug-likeness (QED) is 0.746. The summed E-state index contributed by atoms with van der Waals surface area (Å²) in [4.78, 5) is 35.0. The van der Waals surface area contributed by atoms with Crippen LogP contribution in [-0.2, 0) is 14.4 Å². The first-order chi connectivity index (χ1) is 8.08. The molecule has 0 radical (unpaired) electrons. The van der Waals surface area contributed by atoms with Gasteiger partial charge in [0.25, 0.3) is 0 Å². The molecule has 1 N–H and O–H groups in total. The lowest BCUT2D eigenvalue weighted by Gasteiger charge is -2.28. The van der Waals surface area contributed by atoms with E-state index in [0.29, 0.717) is 32.2 Å². The zero-order chi connectivity index (χ0) is 12.4. The van der Waals surface area contributed by atoms with E-state index in [9.17, 15) is 14.4 Å². The number of carbonyl (C=O) groups excluding carboxylic acids is 2. The van der Waals surface area contributed by atoms with Crippen molar-refractivity contribution in [2.24, 2.45) is 11.8 Å². The van der Waals surface area contributed by atoms with Gasteiger partial charge in [-0.2, -0.15) is 0 Å². The minimum atomic E-state index is -0.725. The minimum absolute atomic E-state index is 0.0737. The summed E-state index contributed by atoms with van der Waals surface area (Å²) in [6.45, 7) is 0.490. The van der Waals surface area contributed by atoms with Crippen molar-refractivity contribution < 1.29 is 19.5 Å². The summed E-state index contributed by atoms with van der Waals surface area (Å²) in [5.74, 6) is -0.824. The fourth-order valence-corrected chi connectivity index (χ4v) is 2.68. The van der Waals surface area contributed by atoms with Crippen LogP contribution in [0.4, 0.5) is 0 Å². The monoisotopic (exact) mass is 239 g/mol. The molecule has 2 rings (SSSR count). The Kier molecular flexibility index (Phi) is 3.45. The lowest BCUT2D eigenvalue weighted by atomic mass is 9.82. The van der Waals surface area contributed by atoms with E-state index >= 15 is 0 Å². The van der Waals surface area contributed by atoms with Crippen LogP contribution in [0.5, 0.6) is 0 Å². The number of nitrogens with zero attached hydrogens (tertiary/aromatic N) is 1. The predicted molar refractivity (Wildman–Crippen MR) is 59.0 cm³/mol. The van der Waals surface area contributed by atoms with Crippen LogP contribution < -0.4 is 0 Å². The number of carboxylic acids is 1. The molecule has 0 unspecified atom stereocenters. The van der Waals surface area contributed by atoms with Crippen molar-refractivity contribution >= 4 is 17.8 Å². The average molecular weight is 239 g/mol. The maximum absolute atomic E-state index is 11.4. The van der Waals surface area contributed by atoms with Crippen LogP contribution in [0.25, 0.3) is 0 Å². The zero-order valence-electron chi connectivity index (χ0n) is 9.72.